The predicted octanol–water partition coefficient (Wildman–Crippen LogP) is 5.03. The van der Waals surface area contributed by atoms with Crippen LogP contribution in [0.4, 0.5) is 0 Å². The largest absolute Gasteiger partial charge is 0.476 e. The number of hydrogen-bond donors (Lipinski definition) is 1. The first-order valence-corrected chi connectivity index (χ1v) is 8.21. The fraction of sp³-hybridized carbons (Fsp3) is 0.0526. The number of aromatic carboxylic acids is 1. The van der Waals surface area contributed by atoms with E-state index in [0.717, 1.165) is 23.3 Å². The number of aromatic nitrogens is 1. The number of para-hydroxylation sites is 1. The Balaban J connectivity index is 1.79. The average molecular weight is 337 g/mol. The number of carbonyl (C=O) groups is 1. The van der Waals surface area contributed by atoms with E-state index in [2.05, 4.69) is 11.6 Å². The van der Waals surface area contributed by atoms with Crippen molar-refractivity contribution in [1.29, 1.82) is 0 Å². The Kier molecular flexibility index (Phi) is 4.72. The number of benzene rings is 2. The molecule has 0 aliphatic carbocycles. The standard InChI is InChI=1S/C19H15NO3S/c1-2-5-13-6-3-4-7-17(13)23-15-10-8-14(9-11-15)18-20-16(12-24-18)19(21)22/h2-4,6-12H,1,5H2,(H,21,22). The van der Waals surface area contributed by atoms with Crippen molar-refractivity contribution < 1.29 is 14.6 Å². The first kappa shape index (κ1) is 16.0. The monoisotopic (exact) mass is 337 g/mol. The third kappa shape index (κ3) is 3.52. The van der Waals surface area contributed by atoms with Crippen molar-refractivity contribution in [1.82, 2.24) is 4.98 Å². The topological polar surface area (TPSA) is 59.4 Å². The highest BCUT2D eigenvalue weighted by atomic mass is 32.1. The van der Waals surface area contributed by atoms with Crippen molar-refractivity contribution >= 4 is 17.3 Å². The van der Waals surface area contributed by atoms with Crippen LogP contribution in [0.5, 0.6) is 11.5 Å². The van der Waals surface area contributed by atoms with Crippen LogP contribution >= 0.6 is 11.3 Å². The van der Waals surface area contributed by atoms with Crippen molar-refractivity contribution in [3.63, 3.8) is 0 Å². The van der Waals surface area contributed by atoms with Gasteiger partial charge in [-0.3, -0.25) is 0 Å². The van der Waals surface area contributed by atoms with E-state index in [-0.39, 0.29) is 5.69 Å². The summed E-state index contributed by atoms with van der Waals surface area (Å²) < 4.78 is 5.94. The number of thiazole rings is 1. The van der Waals surface area contributed by atoms with Crippen LogP contribution in [0.2, 0.25) is 0 Å². The van der Waals surface area contributed by atoms with Gasteiger partial charge in [-0.25, -0.2) is 9.78 Å². The zero-order valence-electron chi connectivity index (χ0n) is 12.8. The van der Waals surface area contributed by atoms with E-state index in [0.29, 0.717) is 10.8 Å². The van der Waals surface area contributed by atoms with E-state index in [9.17, 15) is 4.79 Å². The summed E-state index contributed by atoms with van der Waals surface area (Å²) in [6.07, 6.45) is 2.58. The van der Waals surface area contributed by atoms with E-state index < -0.39 is 5.97 Å². The average Bonchev–Trinajstić information content (AvgIpc) is 3.08. The van der Waals surface area contributed by atoms with Crippen molar-refractivity contribution in [3.8, 4) is 22.1 Å². The van der Waals surface area contributed by atoms with Gasteiger partial charge in [-0.15, -0.1) is 17.9 Å². The Hall–Kier alpha value is -2.92. The number of hydrogen-bond acceptors (Lipinski definition) is 4. The summed E-state index contributed by atoms with van der Waals surface area (Å²) in [5.74, 6) is 0.495. The summed E-state index contributed by atoms with van der Waals surface area (Å²) in [5, 5.41) is 11.1. The number of carboxylic acids is 1. The maximum atomic E-state index is 10.9. The third-order valence-electron chi connectivity index (χ3n) is 3.39. The maximum absolute atomic E-state index is 10.9. The molecule has 0 saturated heterocycles. The molecule has 0 atom stereocenters. The molecule has 0 radical (unpaired) electrons. The van der Waals surface area contributed by atoms with Gasteiger partial charge in [0.05, 0.1) is 0 Å². The summed E-state index contributed by atoms with van der Waals surface area (Å²) in [5.41, 5.74) is 2.00. The normalized spacial score (nSPS) is 10.3. The Morgan fingerprint density at radius 1 is 1.21 bits per heavy atom. The Bertz CT molecular complexity index is 868. The van der Waals surface area contributed by atoms with Crippen LogP contribution in [0.25, 0.3) is 10.6 Å². The minimum atomic E-state index is -1.02. The van der Waals surface area contributed by atoms with Crippen LogP contribution < -0.4 is 4.74 Å². The molecule has 0 aliphatic heterocycles. The molecule has 24 heavy (non-hydrogen) atoms. The molecule has 120 valence electrons. The van der Waals surface area contributed by atoms with Crippen LogP contribution in [0.3, 0.4) is 0 Å². The third-order valence-corrected chi connectivity index (χ3v) is 4.28. The summed E-state index contributed by atoms with van der Waals surface area (Å²) in [6, 6.07) is 15.3. The molecule has 2 aromatic carbocycles. The molecular weight excluding hydrogens is 322 g/mol. The highest BCUT2D eigenvalue weighted by Crippen LogP contribution is 2.29. The van der Waals surface area contributed by atoms with Gasteiger partial charge in [0.15, 0.2) is 5.69 Å². The molecule has 1 aromatic heterocycles. The number of ether oxygens (including phenoxy) is 1. The highest BCUT2D eigenvalue weighted by Gasteiger charge is 2.10. The molecule has 0 unspecified atom stereocenters. The number of allylic oxidation sites excluding steroid dienone is 1. The van der Waals surface area contributed by atoms with E-state index in [1.54, 1.807) is 0 Å². The second-order valence-electron chi connectivity index (χ2n) is 5.07. The molecule has 5 heteroatoms. The molecule has 0 aliphatic rings. The Morgan fingerprint density at radius 2 is 1.96 bits per heavy atom. The Morgan fingerprint density at radius 3 is 2.62 bits per heavy atom. The zero-order valence-corrected chi connectivity index (χ0v) is 13.6. The minimum Gasteiger partial charge on any atom is -0.476 e. The van der Waals surface area contributed by atoms with Gasteiger partial charge in [0.2, 0.25) is 0 Å². The molecule has 0 bridgehead atoms. The van der Waals surface area contributed by atoms with Crippen molar-refractivity contribution in [2.24, 2.45) is 0 Å². The van der Waals surface area contributed by atoms with Crippen molar-refractivity contribution in [3.05, 3.63) is 77.8 Å². The number of nitrogens with zero attached hydrogens (tertiary/aromatic N) is 1. The minimum absolute atomic E-state index is 0.0636. The molecule has 0 spiro atoms. The molecule has 0 amide bonds. The second-order valence-corrected chi connectivity index (χ2v) is 5.93. The van der Waals surface area contributed by atoms with E-state index in [4.69, 9.17) is 9.84 Å². The van der Waals surface area contributed by atoms with Crippen LogP contribution in [-0.4, -0.2) is 16.1 Å². The lowest BCUT2D eigenvalue weighted by molar-refractivity contribution is 0.0691. The van der Waals surface area contributed by atoms with Crippen molar-refractivity contribution in [2.75, 3.05) is 0 Å². The number of carboxylic acid groups (broad SMARTS) is 1. The first-order valence-electron chi connectivity index (χ1n) is 7.33. The molecule has 1 heterocycles. The summed E-state index contributed by atoms with van der Waals surface area (Å²) in [7, 11) is 0. The van der Waals surface area contributed by atoms with Gasteiger partial charge in [-0.2, -0.15) is 0 Å². The summed E-state index contributed by atoms with van der Waals surface area (Å²) in [4.78, 5) is 15.0. The second kappa shape index (κ2) is 7.10. The highest BCUT2D eigenvalue weighted by molar-refractivity contribution is 7.13. The zero-order chi connectivity index (χ0) is 16.9. The van der Waals surface area contributed by atoms with Gasteiger partial charge in [0, 0.05) is 10.9 Å². The molecule has 3 rings (SSSR count). The van der Waals surface area contributed by atoms with Gasteiger partial charge in [-0.1, -0.05) is 24.3 Å². The van der Waals surface area contributed by atoms with E-state index >= 15 is 0 Å². The van der Waals surface area contributed by atoms with Gasteiger partial charge in [0.25, 0.3) is 0 Å². The molecule has 3 aromatic rings. The molecule has 1 N–H and O–H groups in total. The predicted molar refractivity (Wildman–Crippen MR) is 94.9 cm³/mol. The molecule has 0 fully saturated rings. The van der Waals surface area contributed by atoms with Gasteiger partial charge in [0.1, 0.15) is 16.5 Å². The summed E-state index contributed by atoms with van der Waals surface area (Å²) >= 11 is 1.31. The van der Waals surface area contributed by atoms with Gasteiger partial charge >= 0.3 is 5.97 Å². The Labute approximate surface area is 143 Å². The maximum Gasteiger partial charge on any atom is 0.355 e. The lowest BCUT2D eigenvalue weighted by Gasteiger charge is -2.10. The number of rotatable bonds is 6. The lowest BCUT2D eigenvalue weighted by atomic mass is 10.1. The van der Waals surface area contributed by atoms with E-state index in [1.807, 2.05) is 54.6 Å². The van der Waals surface area contributed by atoms with Crippen LogP contribution in [0.1, 0.15) is 16.1 Å². The quantitative estimate of drug-likeness (QED) is 0.641. The van der Waals surface area contributed by atoms with Crippen LogP contribution in [0, 0.1) is 0 Å². The SMILES string of the molecule is C=CCc1ccccc1Oc1ccc(-c2nc(C(=O)O)cs2)cc1. The molecule has 0 saturated carbocycles. The van der Waals surface area contributed by atoms with Crippen molar-refractivity contribution in [2.45, 2.75) is 6.42 Å². The fourth-order valence-electron chi connectivity index (χ4n) is 2.22. The summed E-state index contributed by atoms with van der Waals surface area (Å²) in [6.45, 7) is 3.76. The van der Waals surface area contributed by atoms with Gasteiger partial charge in [-0.05, 0) is 42.3 Å². The molecule has 4 nitrogen and oxygen atoms in total. The van der Waals surface area contributed by atoms with Crippen LogP contribution in [0.15, 0.2) is 66.6 Å². The smallest absolute Gasteiger partial charge is 0.355 e. The van der Waals surface area contributed by atoms with Crippen LogP contribution in [-0.2, 0) is 6.42 Å². The fourth-order valence-corrected chi connectivity index (χ4v) is 3.02. The molecular formula is C19H15NO3S. The van der Waals surface area contributed by atoms with Gasteiger partial charge < -0.3 is 9.84 Å². The lowest BCUT2D eigenvalue weighted by Crippen LogP contribution is -1.95. The van der Waals surface area contributed by atoms with E-state index in [1.165, 1.54) is 16.7 Å². The first-order chi connectivity index (χ1) is 11.7.